The van der Waals surface area contributed by atoms with Gasteiger partial charge in [0.25, 0.3) is 0 Å². The summed E-state index contributed by atoms with van der Waals surface area (Å²) < 4.78 is 7.09. The number of carbonyl (C=O) groups is 3. The van der Waals surface area contributed by atoms with Crippen LogP contribution in [0.25, 0.3) is 0 Å². The van der Waals surface area contributed by atoms with Crippen LogP contribution in [0.5, 0.6) is 0 Å². The average Bonchev–Trinajstić information content (AvgIpc) is 3.01. The number of fused-ring (bicyclic) bond motifs is 6. The predicted octanol–water partition coefficient (Wildman–Crippen LogP) is 8.68. The first-order valence-corrected chi connectivity index (χ1v) is 19.5. The molecular formula is C43H65N2O5+. The number of amides is 1. The second-order valence-electron chi connectivity index (χ2n) is 20.2. The molecule has 0 unspecified atom stereocenters. The Labute approximate surface area is 301 Å². The van der Waals surface area contributed by atoms with Crippen molar-refractivity contribution in [1.82, 2.24) is 5.32 Å². The van der Waals surface area contributed by atoms with Crippen molar-refractivity contribution in [2.45, 2.75) is 125 Å². The molecule has 0 aromatic heterocycles. The number of hydrogen-bond donors (Lipinski definition) is 2. The van der Waals surface area contributed by atoms with Crippen molar-refractivity contribution in [1.29, 1.82) is 0 Å². The summed E-state index contributed by atoms with van der Waals surface area (Å²) in [6.45, 7) is 18.7. The van der Waals surface area contributed by atoms with Gasteiger partial charge in [-0.2, -0.15) is 0 Å². The SMILES string of the molecule is CC1(C)CC[C@]2(C(=O)NCC[N+](C)(C)C)CC[C@]3(C)C(=C2C1)CC[C@@H]1[C@@]2(C)CC[C@H](OC(=O)c4ccccc4C(=O)O)C(C)(C)[C@@H]2CC[C@]13C. The van der Waals surface area contributed by atoms with E-state index in [1.807, 2.05) is 0 Å². The molecule has 7 atom stereocenters. The van der Waals surface area contributed by atoms with Crippen molar-refractivity contribution < 1.29 is 28.7 Å². The van der Waals surface area contributed by atoms with E-state index < -0.39 is 11.9 Å². The first-order chi connectivity index (χ1) is 23.1. The van der Waals surface area contributed by atoms with Gasteiger partial charge in [-0.25, -0.2) is 9.59 Å². The molecule has 4 saturated carbocycles. The molecule has 0 saturated heterocycles. The third kappa shape index (κ3) is 5.76. The van der Waals surface area contributed by atoms with E-state index in [2.05, 4.69) is 74.9 Å². The number of benzene rings is 1. The smallest absolute Gasteiger partial charge is 0.339 e. The van der Waals surface area contributed by atoms with Crippen LogP contribution in [0.4, 0.5) is 0 Å². The molecule has 4 fully saturated rings. The minimum absolute atomic E-state index is 0.00995. The maximum atomic E-state index is 14.3. The van der Waals surface area contributed by atoms with Crippen LogP contribution in [0.15, 0.2) is 35.4 Å². The molecule has 50 heavy (non-hydrogen) atoms. The van der Waals surface area contributed by atoms with E-state index in [0.717, 1.165) is 81.7 Å². The van der Waals surface area contributed by atoms with Gasteiger partial charge in [0.2, 0.25) is 5.91 Å². The highest BCUT2D eigenvalue weighted by Crippen LogP contribution is 2.75. The van der Waals surface area contributed by atoms with Crippen LogP contribution in [0.1, 0.15) is 140 Å². The molecular weight excluding hydrogens is 624 g/mol. The Kier molecular flexibility index (Phi) is 9.05. The van der Waals surface area contributed by atoms with E-state index in [0.29, 0.717) is 18.4 Å². The van der Waals surface area contributed by atoms with Gasteiger partial charge in [0.1, 0.15) is 6.10 Å². The summed E-state index contributed by atoms with van der Waals surface area (Å²) in [6, 6.07) is 6.38. The van der Waals surface area contributed by atoms with Crippen molar-refractivity contribution in [3.05, 3.63) is 46.5 Å². The van der Waals surface area contributed by atoms with E-state index >= 15 is 0 Å². The molecule has 7 nitrogen and oxygen atoms in total. The lowest BCUT2D eigenvalue weighted by Gasteiger charge is -2.71. The fraction of sp³-hybridized carbons (Fsp3) is 0.744. The number of hydrogen-bond acceptors (Lipinski definition) is 4. The predicted molar refractivity (Wildman–Crippen MR) is 198 cm³/mol. The van der Waals surface area contributed by atoms with Gasteiger partial charge in [0, 0.05) is 5.41 Å². The number of rotatable bonds is 7. The third-order valence-electron chi connectivity index (χ3n) is 15.6. The van der Waals surface area contributed by atoms with Crippen LogP contribution in [0, 0.1) is 44.3 Å². The highest BCUT2D eigenvalue weighted by molar-refractivity contribution is 6.02. The topological polar surface area (TPSA) is 92.7 Å². The van der Waals surface area contributed by atoms with Crippen LogP contribution in [0.3, 0.4) is 0 Å². The highest BCUT2D eigenvalue weighted by atomic mass is 16.5. The summed E-state index contributed by atoms with van der Waals surface area (Å²) in [7, 11) is 6.55. The molecule has 0 radical (unpaired) electrons. The van der Waals surface area contributed by atoms with Gasteiger partial charge in [0.15, 0.2) is 0 Å². The van der Waals surface area contributed by atoms with Crippen molar-refractivity contribution >= 4 is 17.8 Å². The second-order valence-corrected chi connectivity index (χ2v) is 20.2. The number of nitrogens with zero attached hydrogens (tertiary/aromatic N) is 1. The minimum atomic E-state index is -1.11. The lowest BCUT2D eigenvalue weighted by atomic mass is 9.34. The maximum absolute atomic E-state index is 14.3. The Balaban J connectivity index is 1.29. The molecule has 276 valence electrons. The molecule has 1 aromatic rings. The van der Waals surface area contributed by atoms with Crippen LogP contribution in [0.2, 0.25) is 0 Å². The van der Waals surface area contributed by atoms with Gasteiger partial charge < -0.3 is 19.6 Å². The fourth-order valence-corrected chi connectivity index (χ4v) is 12.5. The number of allylic oxidation sites excluding steroid dienone is 1. The summed E-state index contributed by atoms with van der Waals surface area (Å²) >= 11 is 0. The van der Waals surface area contributed by atoms with Crippen LogP contribution < -0.4 is 5.32 Å². The summed E-state index contributed by atoms with van der Waals surface area (Å²) in [4.78, 5) is 39.7. The molecule has 0 bridgehead atoms. The number of esters is 1. The quantitative estimate of drug-likeness (QED) is 0.170. The lowest BCUT2D eigenvalue weighted by molar-refractivity contribution is -0.869. The minimum Gasteiger partial charge on any atom is -0.478 e. The summed E-state index contributed by atoms with van der Waals surface area (Å²) in [6.07, 6.45) is 11.0. The molecule has 7 heteroatoms. The molecule has 2 N–H and O–H groups in total. The number of quaternary nitrogens is 1. The number of nitrogens with one attached hydrogen (secondary N) is 1. The number of ether oxygens (including phenoxy) is 1. The Morgan fingerprint density at radius 3 is 2.14 bits per heavy atom. The third-order valence-corrected chi connectivity index (χ3v) is 15.6. The van der Waals surface area contributed by atoms with Gasteiger partial charge in [-0.05, 0) is 116 Å². The zero-order valence-electron chi connectivity index (χ0n) is 32.8. The lowest BCUT2D eigenvalue weighted by Crippen LogP contribution is -2.64. The number of likely N-dealkylation sites (N-methyl/N-ethyl adjacent to an activating group) is 1. The average molecular weight is 690 g/mol. The Bertz CT molecular complexity index is 1590. The first-order valence-electron chi connectivity index (χ1n) is 19.5. The van der Waals surface area contributed by atoms with E-state index in [4.69, 9.17) is 4.74 Å². The van der Waals surface area contributed by atoms with E-state index in [1.165, 1.54) is 11.6 Å². The van der Waals surface area contributed by atoms with Gasteiger partial charge in [-0.15, -0.1) is 0 Å². The van der Waals surface area contributed by atoms with Gasteiger partial charge in [0.05, 0.1) is 50.8 Å². The summed E-state index contributed by atoms with van der Waals surface area (Å²) in [5.74, 6) is -0.453. The van der Waals surface area contributed by atoms with Crippen LogP contribution in [-0.2, 0) is 9.53 Å². The Hall–Kier alpha value is -2.67. The van der Waals surface area contributed by atoms with Crippen LogP contribution in [-0.4, -0.2) is 67.8 Å². The summed E-state index contributed by atoms with van der Waals surface area (Å²) in [5, 5.41) is 13.1. The number of aromatic carboxylic acids is 1. The maximum Gasteiger partial charge on any atom is 0.339 e. The van der Waals surface area contributed by atoms with Crippen molar-refractivity contribution in [2.75, 3.05) is 34.2 Å². The number of carbonyl (C=O) groups excluding carboxylic acids is 2. The first kappa shape index (κ1) is 37.1. The van der Waals surface area contributed by atoms with E-state index in [9.17, 15) is 19.5 Å². The Morgan fingerprint density at radius 2 is 1.48 bits per heavy atom. The van der Waals surface area contributed by atoms with Gasteiger partial charge >= 0.3 is 11.9 Å². The van der Waals surface area contributed by atoms with Gasteiger partial charge in [-0.3, -0.25) is 4.79 Å². The van der Waals surface area contributed by atoms with E-state index in [1.54, 1.807) is 23.8 Å². The Morgan fingerprint density at radius 1 is 0.820 bits per heavy atom. The van der Waals surface area contributed by atoms with Gasteiger partial charge in [-0.1, -0.05) is 71.7 Å². The second kappa shape index (κ2) is 12.2. The van der Waals surface area contributed by atoms with Crippen molar-refractivity contribution in [3.63, 3.8) is 0 Å². The molecule has 0 spiro atoms. The molecule has 1 aromatic carbocycles. The molecule has 0 aliphatic heterocycles. The van der Waals surface area contributed by atoms with Crippen molar-refractivity contribution in [3.8, 4) is 0 Å². The zero-order chi connectivity index (χ0) is 36.7. The standard InChI is InChI=1S/C43H64N2O5/c1-38(2)21-23-43(37(49)44-25-26-45(8,9)10)24-22-41(6)30(31(43)27-38)15-16-33-40(5)19-18-34(39(3,4)32(40)17-20-42(33,41)7)50-36(48)29-14-12-11-13-28(29)35(46)47/h11-14,32-34H,15-27H2,1-10H3,(H-,44,46,47,49)/p+1/t32-,33+,34-,40-,41+,42+,43-/m0/s1. The molecule has 0 heterocycles. The number of carboxylic acids is 1. The highest BCUT2D eigenvalue weighted by Gasteiger charge is 2.68. The molecule has 5 aliphatic rings. The van der Waals surface area contributed by atoms with Crippen LogP contribution >= 0.6 is 0 Å². The number of carboxylic acid groups (broad SMARTS) is 1. The largest absolute Gasteiger partial charge is 0.478 e. The summed E-state index contributed by atoms with van der Waals surface area (Å²) in [5.41, 5.74) is 3.07. The van der Waals surface area contributed by atoms with Crippen molar-refractivity contribution in [2.24, 2.45) is 44.3 Å². The zero-order valence-corrected chi connectivity index (χ0v) is 32.8. The van der Waals surface area contributed by atoms with E-state index in [-0.39, 0.29) is 55.6 Å². The molecule has 6 rings (SSSR count). The monoisotopic (exact) mass is 689 g/mol. The fourth-order valence-electron chi connectivity index (χ4n) is 12.5. The molecule has 5 aliphatic carbocycles. The molecule has 1 amide bonds. The normalized spacial score (nSPS) is 37.4.